The van der Waals surface area contributed by atoms with E-state index >= 15 is 0 Å². The number of amides is 1. The Kier molecular flexibility index (Phi) is 4.58. The molecule has 1 N–H and O–H groups in total. The molecule has 0 fully saturated rings. The highest BCUT2D eigenvalue weighted by atomic mass is 35.5. The minimum absolute atomic E-state index is 0.0670. The van der Waals surface area contributed by atoms with Crippen LogP contribution in [0.4, 0.5) is 0 Å². The second kappa shape index (κ2) is 6.39. The Hall–Kier alpha value is -1.80. The summed E-state index contributed by atoms with van der Waals surface area (Å²) in [5, 5.41) is 2.91. The molecule has 2 nitrogen and oxygen atoms in total. The van der Waals surface area contributed by atoms with Crippen LogP contribution in [0.5, 0.6) is 0 Å². The quantitative estimate of drug-likeness (QED) is 0.846. The summed E-state index contributed by atoms with van der Waals surface area (Å²) in [7, 11) is 0. The lowest BCUT2D eigenvalue weighted by atomic mass is 10.1. The van der Waals surface area contributed by atoms with Gasteiger partial charge in [-0.2, -0.15) is 0 Å². The van der Waals surface area contributed by atoms with Crippen LogP contribution in [0.1, 0.15) is 27.0 Å². The average molecular weight is 274 g/mol. The standard InChI is InChI=1S/C16H16ClNO/c1-12-3-2-4-14(9-12)11-18-16(19)15-7-5-13(10-17)6-8-15/h2-9H,10-11H2,1H3,(H,18,19). The number of rotatable bonds is 4. The topological polar surface area (TPSA) is 29.1 Å². The highest BCUT2D eigenvalue weighted by Crippen LogP contribution is 2.08. The third-order valence-electron chi connectivity index (χ3n) is 2.91. The van der Waals surface area contributed by atoms with E-state index in [0.29, 0.717) is 18.0 Å². The van der Waals surface area contributed by atoms with Gasteiger partial charge in [0.1, 0.15) is 0 Å². The van der Waals surface area contributed by atoms with Crippen molar-refractivity contribution < 1.29 is 4.79 Å². The van der Waals surface area contributed by atoms with E-state index < -0.39 is 0 Å². The van der Waals surface area contributed by atoms with Crippen LogP contribution < -0.4 is 5.32 Å². The highest BCUT2D eigenvalue weighted by Gasteiger charge is 2.04. The average Bonchev–Trinajstić information content (AvgIpc) is 2.45. The molecule has 2 aromatic rings. The molecule has 98 valence electrons. The van der Waals surface area contributed by atoms with E-state index in [4.69, 9.17) is 11.6 Å². The Morgan fingerprint density at radius 1 is 1.11 bits per heavy atom. The van der Waals surface area contributed by atoms with Gasteiger partial charge in [0.15, 0.2) is 0 Å². The van der Waals surface area contributed by atoms with Gasteiger partial charge in [-0.1, -0.05) is 42.0 Å². The lowest BCUT2D eigenvalue weighted by molar-refractivity contribution is 0.0951. The zero-order valence-electron chi connectivity index (χ0n) is 10.8. The largest absolute Gasteiger partial charge is 0.348 e. The Bertz CT molecular complexity index is 563. The number of aryl methyl sites for hydroxylation is 1. The van der Waals surface area contributed by atoms with Gasteiger partial charge in [0.25, 0.3) is 5.91 Å². The van der Waals surface area contributed by atoms with Crippen LogP contribution in [0.15, 0.2) is 48.5 Å². The van der Waals surface area contributed by atoms with Crippen molar-refractivity contribution in [3.8, 4) is 0 Å². The Labute approximate surface area is 118 Å². The molecule has 0 saturated carbocycles. The molecule has 1 amide bonds. The fourth-order valence-corrected chi connectivity index (χ4v) is 2.03. The fraction of sp³-hybridized carbons (Fsp3) is 0.188. The molecule has 0 aliphatic heterocycles. The molecule has 19 heavy (non-hydrogen) atoms. The second-order valence-corrected chi connectivity index (χ2v) is 4.77. The first-order chi connectivity index (χ1) is 9.19. The second-order valence-electron chi connectivity index (χ2n) is 4.50. The molecular formula is C16H16ClNO. The minimum atomic E-state index is -0.0670. The van der Waals surface area contributed by atoms with Crippen molar-refractivity contribution in [1.29, 1.82) is 0 Å². The highest BCUT2D eigenvalue weighted by molar-refractivity contribution is 6.17. The summed E-state index contributed by atoms with van der Waals surface area (Å²) >= 11 is 5.71. The molecule has 3 heteroatoms. The van der Waals surface area contributed by atoms with Gasteiger partial charge in [-0.3, -0.25) is 4.79 Å². The number of nitrogens with one attached hydrogen (secondary N) is 1. The third kappa shape index (κ3) is 3.83. The molecule has 0 bridgehead atoms. The van der Waals surface area contributed by atoms with Gasteiger partial charge in [-0.05, 0) is 30.2 Å². The Morgan fingerprint density at radius 3 is 2.47 bits per heavy atom. The van der Waals surface area contributed by atoms with Gasteiger partial charge in [-0.25, -0.2) is 0 Å². The summed E-state index contributed by atoms with van der Waals surface area (Å²) in [6.45, 7) is 2.58. The minimum Gasteiger partial charge on any atom is -0.348 e. The molecule has 2 aromatic carbocycles. The van der Waals surface area contributed by atoms with Crippen molar-refractivity contribution in [2.24, 2.45) is 0 Å². The van der Waals surface area contributed by atoms with Crippen molar-refractivity contribution in [1.82, 2.24) is 5.32 Å². The van der Waals surface area contributed by atoms with Gasteiger partial charge in [-0.15, -0.1) is 11.6 Å². The van der Waals surface area contributed by atoms with E-state index in [1.54, 1.807) is 12.1 Å². The Morgan fingerprint density at radius 2 is 1.84 bits per heavy atom. The smallest absolute Gasteiger partial charge is 0.251 e. The molecule has 0 unspecified atom stereocenters. The van der Waals surface area contributed by atoms with Crippen molar-refractivity contribution in [2.45, 2.75) is 19.3 Å². The van der Waals surface area contributed by atoms with Gasteiger partial charge in [0.2, 0.25) is 0 Å². The molecule has 0 aliphatic rings. The molecule has 0 spiro atoms. The van der Waals surface area contributed by atoms with Crippen LogP contribution in [0.2, 0.25) is 0 Å². The number of carbonyl (C=O) groups is 1. The van der Waals surface area contributed by atoms with Gasteiger partial charge in [0, 0.05) is 18.0 Å². The van der Waals surface area contributed by atoms with Crippen molar-refractivity contribution in [3.05, 3.63) is 70.8 Å². The van der Waals surface area contributed by atoms with Crippen LogP contribution in [0, 0.1) is 6.92 Å². The van der Waals surface area contributed by atoms with Crippen LogP contribution in [0.3, 0.4) is 0 Å². The summed E-state index contributed by atoms with van der Waals surface area (Å²) in [6.07, 6.45) is 0. The van der Waals surface area contributed by atoms with E-state index in [1.807, 2.05) is 37.3 Å². The Balaban J connectivity index is 1.97. The maximum Gasteiger partial charge on any atom is 0.251 e. The van der Waals surface area contributed by atoms with E-state index in [0.717, 1.165) is 11.1 Å². The summed E-state index contributed by atoms with van der Waals surface area (Å²) in [6, 6.07) is 15.4. The number of alkyl halides is 1. The molecule has 2 rings (SSSR count). The number of carbonyl (C=O) groups excluding carboxylic acids is 1. The summed E-state index contributed by atoms with van der Waals surface area (Å²) in [5.41, 5.74) is 3.96. The molecule has 0 radical (unpaired) electrons. The summed E-state index contributed by atoms with van der Waals surface area (Å²) in [5.74, 6) is 0.396. The predicted molar refractivity (Wildman–Crippen MR) is 78.3 cm³/mol. The van der Waals surface area contributed by atoms with Crippen molar-refractivity contribution in [2.75, 3.05) is 0 Å². The maximum absolute atomic E-state index is 12.0. The van der Waals surface area contributed by atoms with Gasteiger partial charge >= 0.3 is 0 Å². The van der Waals surface area contributed by atoms with E-state index in [2.05, 4.69) is 11.4 Å². The normalized spacial score (nSPS) is 10.2. The molecule has 0 aromatic heterocycles. The number of hydrogen-bond acceptors (Lipinski definition) is 1. The van der Waals surface area contributed by atoms with E-state index in [9.17, 15) is 4.79 Å². The number of hydrogen-bond donors (Lipinski definition) is 1. The van der Waals surface area contributed by atoms with Gasteiger partial charge < -0.3 is 5.32 Å². The fourth-order valence-electron chi connectivity index (χ4n) is 1.85. The SMILES string of the molecule is Cc1cccc(CNC(=O)c2ccc(CCl)cc2)c1. The zero-order valence-corrected chi connectivity index (χ0v) is 11.6. The first-order valence-corrected chi connectivity index (χ1v) is 6.71. The summed E-state index contributed by atoms with van der Waals surface area (Å²) < 4.78 is 0. The van der Waals surface area contributed by atoms with Crippen molar-refractivity contribution >= 4 is 17.5 Å². The number of benzene rings is 2. The van der Waals surface area contributed by atoms with E-state index in [-0.39, 0.29) is 5.91 Å². The monoisotopic (exact) mass is 273 g/mol. The molecule has 0 atom stereocenters. The van der Waals surface area contributed by atoms with Crippen LogP contribution in [-0.4, -0.2) is 5.91 Å². The molecule has 0 aliphatic carbocycles. The maximum atomic E-state index is 12.0. The lowest BCUT2D eigenvalue weighted by Gasteiger charge is -2.06. The molecule has 0 heterocycles. The lowest BCUT2D eigenvalue weighted by Crippen LogP contribution is -2.22. The molecular weight excluding hydrogens is 258 g/mol. The first kappa shape index (κ1) is 13.6. The zero-order chi connectivity index (χ0) is 13.7. The number of halogens is 1. The molecule has 0 saturated heterocycles. The van der Waals surface area contributed by atoms with Crippen LogP contribution in [0.25, 0.3) is 0 Å². The third-order valence-corrected chi connectivity index (χ3v) is 3.21. The van der Waals surface area contributed by atoms with Crippen LogP contribution >= 0.6 is 11.6 Å². The van der Waals surface area contributed by atoms with Crippen molar-refractivity contribution in [3.63, 3.8) is 0 Å². The van der Waals surface area contributed by atoms with Gasteiger partial charge in [0.05, 0.1) is 0 Å². The van der Waals surface area contributed by atoms with E-state index in [1.165, 1.54) is 5.56 Å². The first-order valence-electron chi connectivity index (χ1n) is 6.17. The predicted octanol–water partition coefficient (Wildman–Crippen LogP) is 3.66. The summed E-state index contributed by atoms with van der Waals surface area (Å²) in [4.78, 5) is 12.0. The van der Waals surface area contributed by atoms with Crippen LogP contribution in [-0.2, 0) is 12.4 Å².